The molecule has 4 nitrogen and oxygen atoms in total. The molecule has 96 valence electrons. The molecule has 0 saturated heterocycles. The molecule has 0 heterocycles. The van der Waals surface area contributed by atoms with Gasteiger partial charge < -0.3 is 15.4 Å². The number of hydrogen-bond donors (Lipinski definition) is 2. The number of carbonyl (C=O) groups excluding carboxylic acids is 1. The summed E-state index contributed by atoms with van der Waals surface area (Å²) in [4.78, 5) is 11.6. The fourth-order valence-electron chi connectivity index (χ4n) is 1.36. The van der Waals surface area contributed by atoms with Crippen LogP contribution in [0, 0.1) is 18.2 Å². The quantitative estimate of drug-likeness (QED) is 0.776. The summed E-state index contributed by atoms with van der Waals surface area (Å²) in [5, 5.41) is 5.47. The zero-order chi connectivity index (χ0) is 13.5. The van der Waals surface area contributed by atoms with Crippen LogP contribution in [0.2, 0.25) is 0 Å². The van der Waals surface area contributed by atoms with Crippen LogP contribution in [0.15, 0.2) is 18.2 Å². The van der Waals surface area contributed by atoms with Crippen molar-refractivity contribution in [2.45, 2.75) is 13.0 Å². The average Bonchev–Trinajstić information content (AvgIpc) is 2.37. The molecule has 0 aromatic heterocycles. The molecule has 0 aliphatic carbocycles. The Morgan fingerprint density at radius 3 is 2.94 bits per heavy atom. The van der Waals surface area contributed by atoms with Crippen LogP contribution < -0.4 is 15.4 Å². The van der Waals surface area contributed by atoms with Gasteiger partial charge in [0.15, 0.2) is 11.6 Å². The zero-order valence-electron chi connectivity index (χ0n) is 10.3. The van der Waals surface area contributed by atoms with Crippen LogP contribution in [0.1, 0.15) is 6.92 Å². The van der Waals surface area contributed by atoms with E-state index in [4.69, 9.17) is 11.2 Å². The lowest BCUT2D eigenvalue weighted by atomic mass is 10.2. The maximum absolute atomic E-state index is 13.2. The van der Waals surface area contributed by atoms with Crippen molar-refractivity contribution in [1.82, 2.24) is 5.32 Å². The maximum Gasteiger partial charge on any atom is 0.242 e. The lowest BCUT2D eigenvalue weighted by Crippen LogP contribution is -2.37. The van der Waals surface area contributed by atoms with Gasteiger partial charge in [-0.05, 0) is 19.1 Å². The molecule has 0 aliphatic rings. The van der Waals surface area contributed by atoms with Gasteiger partial charge >= 0.3 is 0 Å². The summed E-state index contributed by atoms with van der Waals surface area (Å²) in [6.45, 7) is 1.86. The number of carbonyl (C=O) groups is 1. The van der Waals surface area contributed by atoms with E-state index in [1.807, 2.05) is 0 Å². The summed E-state index contributed by atoms with van der Waals surface area (Å²) in [5.41, 5.74) is 0.594. The first-order valence-corrected chi connectivity index (χ1v) is 5.39. The number of hydrogen-bond acceptors (Lipinski definition) is 3. The van der Waals surface area contributed by atoms with Gasteiger partial charge in [0, 0.05) is 11.8 Å². The van der Waals surface area contributed by atoms with Crippen LogP contribution in [-0.4, -0.2) is 25.6 Å². The molecule has 0 aliphatic heterocycles. The van der Waals surface area contributed by atoms with Crippen molar-refractivity contribution >= 4 is 11.6 Å². The molecule has 2 N–H and O–H groups in total. The van der Waals surface area contributed by atoms with E-state index < -0.39 is 11.9 Å². The molecule has 0 spiro atoms. The van der Waals surface area contributed by atoms with E-state index >= 15 is 0 Å². The number of terminal acetylenes is 1. The van der Waals surface area contributed by atoms with Crippen molar-refractivity contribution in [2.24, 2.45) is 0 Å². The number of anilines is 1. The SMILES string of the molecule is C#CCNC(=O)C(C)Nc1ccc(F)c(OC)c1. The third-order valence-corrected chi connectivity index (χ3v) is 2.29. The molecule has 1 amide bonds. The highest BCUT2D eigenvalue weighted by molar-refractivity contribution is 5.84. The summed E-state index contributed by atoms with van der Waals surface area (Å²) < 4.78 is 18.0. The van der Waals surface area contributed by atoms with Crippen LogP contribution >= 0.6 is 0 Å². The Kier molecular flexibility index (Phi) is 5.00. The topological polar surface area (TPSA) is 50.4 Å². The van der Waals surface area contributed by atoms with Gasteiger partial charge in [-0.15, -0.1) is 6.42 Å². The third-order valence-electron chi connectivity index (χ3n) is 2.29. The largest absolute Gasteiger partial charge is 0.494 e. The average molecular weight is 250 g/mol. The molecule has 1 atom stereocenters. The van der Waals surface area contributed by atoms with Crippen molar-refractivity contribution in [3.63, 3.8) is 0 Å². The monoisotopic (exact) mass is 250 g/mol. The maximum atomic E-state index is 13.2. The second kappa shape index (κ2) is 6.50. The van der Waals surface area contributed by atoms with Crippen LogP contribution in [0.4, 0.5) is 10.1 Å². The second-order valence-electron chi connectivity index (χ2n) is 3.64. The Morgan fingerprint density at radius 1 is 1.61 bits per heavy atom. The summed E-state index contributed by atoms with van der Waals surface area (Å²) >= 11 is 0. The van der Waals surface area contributed by atoms with E-state index in [0.717, 1.165) is 0 Å². The molecule has 1 aromatic carbocycles. The van der Waals surface area contributed by atoms with E-state index in [1.165, 1.54) is 25.3 Å². The van der Waals surface area contributed by atoms with E-state index in [-0.39, 0.29) is 18.2 Å². The van der Waals surface area contributed by atoms with Gasteiger partial charge in [-0.25, -0.2) is 4.39 Å². The van der Waals surface area contributed by atoms with Crippen molar-refractivity contribution in [3.8, 4) is 18.1 Å². The molecule has 0 bridgehead atoms. The highest BCUT2D eigenvalue weighted by Crippen LogP contribution is 2.21. The Morgan fingerprint density at radius 2 is 2.33 bits per heavy atom. The molecular formula is C13H15FN2O2. The molecule has 0 saturated carbocycles. The first-order valence-electron chi connectivity index (χ1n) is 5.39. The van der Waals surface area contributed by atoms with Crippen LogP contribution in [0.5, 0.6) is 5.75 Å². The van der Waals surface area contributed by atoms with Gasteiger partial charge in [-0.2, -0.15) is 0 Å². The Hall–Kier alpha value is -2.22. The summed E-state index contributed by atoms with van der Waals surface area (Å²) in [7, 11) is 1.38. The van der Waals surface area contributed by atoms with Gasteiger partial charge in [0.05, 0.1) is 13.7 Å². The standard InChI is InChI=1S/C13H15FN2O2/c1-4-7-15-13(17)9(2)16-10-5-6-11(14)12(8-10)18-3/h1,5-6,8-9,16H,7H2,2-3H3,(H,15,17). The molecule has 1 aromatic rings. The predicted octanol–water partition coefficient (Wildman–Crippen LogP) is 1.38. The minimum Gasteiger partial charge on any atom is -0.494 e. The smallest absolute Gasteiger partial charge is 0.242 e. The fourth-order valence-corrected chi connectivity index (χ4v) is 1.36. The molecule has 0 fully saturated rings. The Bertz CT molecular complexity index is 469. The van der Waals surface area contributed by atoms with Crippen molar-refractivity contribution in [3.05, 3.63) is 24.0 Å². The summed E-state index contributed by atoms with van der Waals surface area (Å²) in [5.74, 6) is 1.76. The minimum atomic E-state index is -0.478. The van der Waals surface area contributed by atoms with Crippen molar-refractivity contribution in [2.75, 3.05) is 19.0 Å². The third kappa shape index (κ3) is 3.67. The van der Waals surface area contributed by atoms with E-state index in [2.05, 4.69) is 16.6 Å². The number of nitrogens with one attached hydrogen (secondary N) is 2. The van der Waals surface area contributed by atoms with Crippen LogP contribution in [-0.2, 0) is 4.79 Å². The highest BCUT2D eigenvalue weighted by Gasteiger charge is 2.12. The predicted molar refractivity (Wildman–Crippen MR) is 67.9 cm³/mol. The lowest BCUT2D eigenvalue weighted by Gasteiger charge is -2.15. The van der Waals surface area contributed by atoms with Crippen LogP contribution in [0.3, 0.4) is 0 Å². The second-order valence-corrected chi connectivity index (χ2v) is 3.64. The molecule has 18 heavy (non-hydrogen) atoms. The highest BCUT2D eigenvalue weighted by atomic mass is 19.1. The fraction of sp³-hybridized carbons (Fsp3) is 0.308. The minimum absolute atomic E-state index is 0.122. The lowest BCUT2D eigenvalue weighted by molar-refractivity contribution is -0.121. The van der Waals surface area contributed by atoms with Gasteiger partial charge in [0.1, 0.15) is 6.04 Å². The molecular weight excluding hydrogens is 235 g/mol. The molecule has 5 heteroatoms. The Labute approximate surface area is 106 Å². The van der Waals surface area contributed by atoms with Crippen molar-refractivity contribution in [1.29, 1.82) is 0 Å². The normalized spacial score (nSPS) is 11.2. The zero-order valence-corrected chi connectivity index (χ0v) is 10.3. The molecule has 0 radical (unpaired) electrons. The number of benzene rings is 1. The first kappa shape index (κ1) is 13.8. The van der Waals surface area contributed by atoms with E-state index in [0.29, 0.717) is 5.69 Å². The van der Waals surface area contributed by atoms with Crippen LogP contribution in [0.25, 0.3) is 0 Å². The van der Waals surface area contributed by atoms with E-state index in [1.54, 1.807) is 6.92 Å². The Balaban J connectivity index is 2.67. The molecule has 1 unspecified atom stereocenters. The van der Waals surface area contributed by atoms with Gasteiger partial charge in [-0.1, -0.05) is 5.92 Å². The van der Waals surface area contributed by atoms with E-state index in [9.17, 15) is 9.18 Å². The summed E-state index contributed by atoms with van der Waals surface area (Å²) in [6, 6.07) is 3.81. The number of methoxy groups -OCH3 is 1. The van der Waals surface area contributed by atoms with Gasteiger partial charge in [0.2, 0.25) is 5.91 Å². The first-order chi connectivity index (χ1) is 8.58. The molecule has 1 rings (SSSR count). The summed E-state index contributed by atoms with van der Waals surface area (Å²) in [6.07, 6.45) is 5.04. The van der Waals surface area contributed by atoms with Gasteiger partial charge in [-0.3, -0.25) is 4.79 Å². The van der Waals surface area contributed by atoms with Crippen molar-refractivity contribution < 1.29 is 13.9 Å². The number of amides is 1. The van der Waals surface area contributed by atoms with Gasteiger partial charge in [0.25, 0.3) is 0 Å². The number of rotatable bonds is 5. The number of ether oxygens (including phenoxy) is 1. The number of halogens is 1.